The topological polar surface area (TPSA) is 89.2 Å². The summed E-state index contributed by atoms with van der Waals surface area (Å²) in [6.45, 7) is 2.39. The molecule has 0 bridgehead atoms. The van der Waals surface area contributed by atoms with Crippen molar-refractivity contribution in [1.82, 2.24) is 15.1 Å². The molecule has 0 fully saturated rings. The van der Waals surface area contributed by atoms with Gasteiger partial charge < -0.3 is 14.8 Å². The van der Waals surface area contributed by atoms with Crippen LogP contribution in [0.15, 0.2) is 18.2 Å². The van der Waals surface area contributed by atoms with E-state index in [1.807, 2.05) is 19.1 Å². The van der Waals surface area contributed by atoms with Crippen molar-refractivity contribution in [3.63, 3.8) is 0 Å². The Kier molecular flexibility index (Phi) is 7.73. The minimum Gasteiger partial charge on any atom is -0.493 e. The molecule has 132 valence electrons. The number of methoxy groups -OCH3 is 2. The molecular weight excluding hydrogens is 352 g/mol. The van der Waals surface area contributed by atoms with Gasteiger partial charge in [-0.3, -0.25) is 10.2 Å². The third kappa shape index (κ3) is 4.97. The molecule has 0 aliphatic carbocycles. The van der Waals surface area contributed by atoms with Gasteiger partial charge in [0, 0.05) is 6.54 Å². The van der Waals surface area contributed by atoms with Gasteiger partial charge in [0.05, 0.1) is 14.2 Å². The van der Waals surface area contributed by atoms with Crippen LogP contribution < -0.4 is 19.6 Å². The number of carbonyl (C=O) groups is 1. The first kappa shape index (κ1) is 20.0. The van der Waals surface area contributed by atoms with Crippen molar-refractivity contribution < 1.29 is 14.3 Å². The highest BCUT2D eigenvalue weighted by Crippen LogP contribution is 2.27. The summed E-state index contributed by atoms with van der Waals surface area (Å²) in [4.78, 5) is 12.3. The monoisotopic (exact) mass is 372 g/mol. The van der Waals surface area contributed by atoms with Crippen LogP contribution in [-0.2, 0) is 24.3 Å². The molecule has 0 aliphatic heterocycles. The lowest BCUT2D eigenvalue weighted by Crippen LogP contribution is -2.30. The number of ether oxygens (including phenoxy) is 2. The average Bonchev–Trinajstić information content (AvgIpc) is 2.92. The van der Waals surface area contributed by atoms with Gasteiger partial charge in [0.15, 0.2) is 11.5 Å². The smallest absolute Gasteiger partial charge is 0.242 e. The first-order chi connectivity index (χ1) is 11.1. The van der Waals surface area contributed by atoms with E-state index in [1.54, 1.807) is 20.3 Å². The van der Waals surface area contributed by atoms with Crippen LogP contribution in [0.5, 0.6) is 11.5 Å². The van der Waals surface area contributed by atoms with Gasteiger partial charge >= 0.3 is 0 Å². The molecule has 24 heavy (non-hydrogen) atoms. The maximum absolute atomic E-state index is 12.0. The summed E-state index contributed by atoms with van der Waals surface area (Å²) in [5, 5.41) is 15.7. The Hall–Kier alpha value is -2.06. The summed E-state index contributed by atoms with van der Waals surface area (Å²) in [6, 6.07) is 5.48. The van der Waals surface area contributed by atoms with Crippen molar-refractivity contribution in [2.75, 3.05) is 14.2 Å². The highest BCUT2D eigenvalue weighted by molar-refractivity contribution is 7.08. The number of amides is 1. The molecule has 1 aromatic heterocycles. The van der Waals surface area contributed by atoms with Gasteiger partial charge in [-0.15, -0.1) is 12.4 Å². The number of hydrogen-bond donors (Lipinski definition) is 2. The van der Waals surface area contributed by atoms with Crippen LogP contribution in [0.4, 0.5) is 0 Å². The highest BCUT2D eigenvalue weighted by Gasteiger charge is 2.09. The summed E-state index contributed by atoms with van der Waals surface area (Å²) in [5.41, 5.74) is 0.902. The number of aromatic nitrogens is 2. The second-order valence-corrected chi connectivity index (χ2v) is 5.84. The van der Waals surface area contributed by atoms with E-state index in [0.717, 1.165) is 17.0 Å². The van der Waals surface area contributed by atoms with Crippen molar-refractivity contribution in [2.24, 2.45) is 0 Å². The third-order valence-corrected chi connectivity index (χ3v) is 4.22. The lowest BCUT2D eigenvalue weighted by Gasteiger charge is -2.10. The Bertz CT molecular complexity index is 745. The molecule has 1 amide bonds. The van der Waals surface area contributed by atoms with E-state index in [9.17, 15) is 4.79 Å². The second-order valence-electron chi connectivity index (χ2n) is 4.78. The van der Waals surface area contributed by atoms with Gasteiger partial charge in [-0.2, -0.15) is 5.10 Å². The van der Waals surface area contributed by atoms with Crippen molar-refractivity contribution in [3.05, 3.63) is 33.6 Å². The molecule has 0 atom stereocenters. The number of nitrogens with zero attached hydrogens (tertiary/aromatic N) is 2. The zero-order chi connectivity index (χ0) is 16.8. The standard InChI is InChI=1S/C15H20N4O3S.ClH/c1-4-14-18-19(15(16)23-14)9-13(20)17-8-10-5-6-11(21-2)12(7-10)22-3;/h5-7,16H,4,8-9H2,1-3H3,(H,17,20);1H. The van der Waals surface area contributed by atoms with Crippen LogP contribution in [0.25, 0.3) is 0 Å². The SMILES string of the molecule is CCc1nn(CC(=O)NCc2ccc(OC)c(OC)c2)c(=N)s1.Cl. The molecule has 2 aromatic rings. The fraction of sp³-hybridized carbons (Fsp3) is 0.400. The summed E-state index contributed by atoms with van der Waals surface area (Å²) in [7, 11) is 3.15. The fourth-order valence-electron chi connectivity index (χ4n) is 2.00. The Morgan fingerprint density at radius 3 is 2.62 bits per heavy atom. The molecule has 9 heteroatoms. The normalized spacial score (nSPS) is 9.96. The molecule has 0 unspecified atom stereocenters. The molecule has 1 heterocycles. The number of carbonyl (C=O) groups excluding carboxylic acids is 1. The van der Waals surface area contributed by atoms with E-state index >= 15 is 0 Å². The predicted octanol–water partition coefficient (Wildman–Crippen LogP) is 1.74. The van der Waals surface area contributed by atoms with Gasteiger partial charge in [0.25, 0.3) is 0 Å². The molecular formula is C15H21ClN4O3S. The molecule has 0 spiro atoms. The zero-order valence-electron chi connectivity index (χ0n) is 13.8. The largest absolute Gasteiger partial charge is 0.493 e. The lowest BCUT2D eigenvalue weighted by molar-refractivity contribution is -0.122. The van der Waals surface area contributed by atoms with E-state index < -0.39 is 0 Å². The predicted molar refractivity (Wildman–Crippen MR) is 94.0 cm³/mol. The van der Waals surface area contributed by atoms with Crippen LogP contribution >= 0.6 is 23.7 Å². The van der Waals surface area contributed by atoms with Crippen LogP contribution in [-0.4, -0.2) is 29.9 Å². The van der Waals surface area contributed by atoms with Crippen LogP contribution in [0.2, 0.25) is 0 Å². The van der Waals surface area contributed by atoms with E-state index in [4.69, 9.17) is 14.9 Å². The quantitative estimate of drug-likeness (QED) is 0.774. The third-order valence-electron chi connectivity index (χ3n) is 3.21. The molecule has 1 aromatic carbocycles. The summed E-state index contributed by atoms with van der Waals surface area (Å²) in [6.07, 6.45) is 0.761. The Balaban J connectivity index is 0.00000288. The maximum atomic E-state index is 12.0. The van der Waals surface area contributed by atoms with Gasteiger partial charge in [-0.05, 0) is 24.1 Å². The molecule has 0 aliphatic rings. The Morgan fingerprint density at radius 1 is 1.33 bits per heavy atom. The van der Waals surface area contributed by atoms with E-state index in [-0.39, 0.29) is 29.7 Å². The second kappa shape index (κ2) is 9.29. The molecule has 0 radical (unpaired) electrons. The zero-order valence-corrected chi connectivity index (χ0v) is 15.4. The van der Waals surface area contributed by atoms with Crippen molar-refractivity contribution in [2.45, 2.75) is 26.4 Å². The van der Waals surface area contributed by atoms with Crippen LogP contribution in [0.3, 0.4) is 0 Å². The molecule has 2 rings (SSSR count). The minimum atomic E-state index is -0.189. The molecule has 0 saturated carbocycles. The van der Waals surface area contributed by atoms with Crippen molar-refractivity contribution >= 4 is 29.7 Å². The Morgan fingerprint density at radius 2 is 2.04 bits per heavy atom. The molecule has 2 N–H and O–H groups in total. The number of benzene rings is 1. The summed E-state index contributed by atoms with van der Waals surface area (Å²) in [5.74, 6) is 1.08. The van der Waals surface area contributed by atoms with Crippen molar-refractivity contribution in [3.8, 4) is 11.5 Å². The maximum Gasteiger partial charge on any atom is 0.242 e. The first-order valence-electron chi connectivity index (χ1n) is 7.16. The summed E-state index contributed by atoms with van der Waals surface area (Å²) >= 11 is 1.29. The minimum absolute atomic E-state index is 0. The van der Waals surface area contributed by atoms with Crippen LogP contribution in [0.1, 0.15) is 17.5 Å². The van der Waals surface area contributed by atoms with E-state index in [0.29, 0.717) is 18.0 Å². The number of rotatable bonds is 7. The number of nitrogens with one attached hydrogen (secondary N) is 2. The lowest BCUT2D eigenvalue weighted by atomic mass is 10.2. The molecule has 0 saturated heterocycles. The van der Waals surface area contributed by atoms with Gasteiger partial charge in [0.1, 0.15) is 11.6 Å². The highest BCUT2D eigenvalue weighted by atomic mass is 35.5. The molecule has 7 nitrogen and oxygen atoms in total. The van der Waals surface area contributed by atoms with E-state index in [1.165, 1.54) is 16.0 Å². The summed E-state index contributed by atoms with van der Waals surface area (Å²) < 4.78 is 11.8. The number of hydrogen-bond acceptors (Lipinski definition) is 6. The number of halogens is 1. The van der Waals surface area contributed by atoms with Gasteiger partial charge in [-0.25, -0.2) is 4.68 Å². The van der Waals surface area contributed by atoms with Crippen LogP contribution in [0, 0.1) is 5.41 Å². The van der Waals surface area contributed by atoms with E-state index in [2.05, 4.69) is 10.4 Å². The number of aryl methyl sites for hydroxylation is 1. The fourth-order valence-corrected chi connectivity index (χ4v) is 2.72. The van der Waals surface area contributed by atoms with Gasteiger partial charge in [-0.1, -0.05) is 24.3 Å². The first-order valence-corrected chi connectivity index (χ1v) is 7.98. The Labute approximate surface area is 150 Å². The van der Waals surface area contributed by atoms with Gasteiger partial charge in [0.2, 0.25) is 10.7 Å². The van der Waals surface area contributed by atoms with Crippen molar-refractivity contribution in [1.29, 1.82) is 5.41 Å². The average molecular weight is 373 g/mol.